The van der Waals surface area contributed by atoms with Crippen molar-refractivity contribution >= 4 is 35.0 Å². The molecule has 0 radical (unpaired) electrons. The molecule has 1 aliphatic carbocycles. The summed E-state index contributed by atoms with van der Waals surface area (Å²) < 4.78 is 0. The van der Waals surface area contributed by atoms with Crippen molar-refractivity contribution in [3.63, 3.8) is 0 Å². The fourth-order valence-electron chi connectivity index (χ4n) is 2.71. The minimum Gasteiger partial charge on any atom is -0.325 e. The third-order valence-corrected chi connectivity index (χ3v) is 4.89. The average Bonchev–Trinajstić information content (AvgIpc) is 2.53. The van der Waals surface area contributed by atoms with E-state index in [1.165, 1.54) is 30.2 Å². The number of carbonyl (C=O) groups is 1. The summed E-state index contributed by atoms with van der Waals surface area (Å²) in [6.07, 6.45) is 4.48. The van der Waals surface area contributed by atoms with E-state index >= 15 is 0 Å². The van der Waals surface area contributed by atoms with E-state index in [0.29, 0.717) is 15.9 Å². The molecule has 1 aliphatic rings. The summed E-state index contributed by atoms with van der Waals surface area (Å²) in [5.41, 5.74) is 4.20. The van der Waals surface area contributed by atoms with Crippen molar-refractivity contribution in [3.05, 3.63) is 46.2 Å². The van der Waals surface area contributed by atoms with Crippen LogP contribution in [0.1, 0.15) is 29.8 Å². The van der Waals surface area contributed by atoms with E-state index in [2.05, 4.69) is 15.3 Å². The van der Waals surface area contributed by atoms with Crippen LogP contribution in [0, 0.1) is 6.92 Å². The molecule has 0 saturated carbocycles. The maximum atomic E-state index is 12.0. The number of hydrogen-bond acceptors (Lipinski definition) is 4. The van der Waals surface area contributed by atoms with Crippen LogP contribution in [-0.2, 0) is 17.6 Å². The van der Waals surface area contributed by atoms with Crippen molar-refractivity contribution in [2.45, 2.75) is 37.8 Å². The van der Waals surface area contributed by atoms with Crippen LogP contribution in [0.4, 0.5) is 5.69 Å². The van der Waals surface area contributed by atoms with Crippen molar-refractivity contribution in [2.24, 2.45) is 0 Å². The molecular weight excluding hydrogens is 330 g/mol. The van der Waals surface area contributed by atoms with Gasteiger partial charge in [-0.3, -0.25) is 4.79 Å². The summed E-state index contributed by atoms with van der Waals surface area (Å²) in [5.74, 6) is 0.196. The van der Waals surface area contributed by atoms with E-state index in [1.807, 2.05) is 13.0 Å². The lowest BCUT2D eigenvalue weighted by atomic mass is 9.95. The first kappa shape index (κ1) is 16.3. The molecule has 0 spiro atoms. The fraction of sp³-hybridized carbons (Fsp3) is 0.353. The number of benzene rings is 1. The van der Waals surface area contributed by atoms with Gasteiger partial charge in [-0.25, -0.2) is 9.97 Å². The Bertz CT molecular complexity index is 736. The summed E-state index contributed by atoms with van der Waals surface area (Å²) in [4.78, 5) is 21.2. The highest BCUT2D eigenvalue weighted by Gasteiger charge is 2.16. The maximum Gasteiger partial charge on any atom is 0.234 e. The summed E-state index contributed by atoms with van der Waals surface area (Å²) in [6, 6.07) is 7.12. The summed E-state index contributed by atoms with van der Waals surface area (Å²) in [7, 11) is 0. The van der Waals surface area contributed by atoms with Crippen LogP contribution in [0.15, 0.2) is 29.4 Å². The molecule has 4 nitrogen and oxygen atoms in total. The highest BCUT2D eigenvalue weighted by molar-refractivity contribution is 7.99. The SMILES string of the molecule is Cc1nc(SCC(=O)Nc2cccc(Cl)c2)nc2c1CCCC2. The van der Waals surface area contributed by atoms with Gasteiger partial charge in [0.25, 0.3) is 0 Å². The molecule has 0 aliphatic heterocycles. The lowest BCUT2D eigenvalue weighted by Crippen LogP contribution is -2.15. The van der Waals surface area contributed by atoms with Gasteiger partial charge in [-0.05, 0) is 56.4 Å². The molecule has 6 heteroatoms. The first-order valence-electron chi connectivity index (χ1n) is 7.66. The molecule has 0 fully saturated rings. The summed E-state index contributed by atoms with van der Waals surface area (Å²) in [6.45, 7) is 2.03. The monoisotopic (exact) mass is 347 g/mol. The Balaban J connectivity index is 1.62. The average molecular weight is 348 g/mol. The van der Waals surface area contributed by atoms with Crippen LogP contribution in [0.25, 0.3) is 0 Å². The largest absolute Gasteiger partial charge is 0.325 e. The van der Waals surface area contributed by atoms with Crippen molar-refractivity contribution in [2.75, 3.05) is 11.1 Å². The second kappa shape index (κ2) is 7.32. The second-order valence-corrected chi connectivity index (χ2v) is 6.95. The van der Waals surface area contributed by atoms with Crippen molar-refractivity contribution in [3.8, 4) is 0 Å². The Hall–Kier alpha value is -1.59. The molecule has 0 atom stereocenters. The van der Waals surface area contributed by atoms with Crippen molar-refractivity contribution < 1.29 is 4.79 Å². The van der Waals surface area contributed by atoms with E-state index in [-0.39, 0.29) is 11.7 Å². The molecule has 1 aromatic heterocycles. The standard InChI is InChI=1S/C17H18ClN3OS/c1-11-14-7-2-3-8-15(14)21-17(19-11)23-10-16(22)20-13-6-4-5-12(18)9-13/h4-6,9H,2-3,7-8,10H2,1H3,(H,20,22). The number of anilines is 1. The fourth-order valence-corrected chi connectivity index (χ4v) is 3.61. The predicted octanol–water partition coefficient (Wildman–Crippen LogP) is 4.05. The molecular formula is C17H18ClN3OS. The van der Waals surface area contributed by atoms with Gasteiger partial charge in [0.2, 0.25) is 5.91 Å². The Kier molecular flexibility index (Phi) is 5.18. The number of carbonyl (C=O) groups excluding carboxylic acids is 1. The van der Waals surface area contributed by atoms with Crippen LogP contribution < -0.4 is 5.32 Å². The number of halogens is 1. The first-order valence-corrected chi connectivity index (χ1v) is 9.03. The molecule has 1 N–H and O–H groups in total. The second-order valence-electron chi connectivity index (χ2n) is 5.57. The van der Waals surface area contributed by atoms with E-state index in [9.17, 15) is 4.79 Å². The number of nitrogens with one attached hydrogen (secondary N) is 1. The quantitative estimate of drug-likeness (QED) is 0.669. The molecule has 1 heterocycles. The number of amides is 1. The van der Waals surface area contributed by atoms with Gasteiger partial charge in [0.1, 0.15) is 0 Å². The maximum absolute atomic E-state index is 12.0. The van der Waals surface area contributed by atoms with E-state index in [1.54, 1.807) is 18.2 Å². The molecule has 0 bridgehead atoms. The number of thioether (sulfide) groups is 1. The Morgan fingerprint density at radius 1 is 1.30 bits per heavy atom. The molecule has 0 unspecified atom stereocenters. The van der Waals surface area contributed by atoms with E-state index in [0.717, 1.165) is 24.2 Å². The van der Waals surface area contributed by atoms with E-state index < -0.39 is 0 Å². The Labute approximate surface area is 145 Å². The van der Waals surface area contributed by atoms with Gasteiger partial charge in [0.05, 0.1) is 5.75 Å². The third kappa shape index (κ3) is 4.24. The highest BCUT2D eigenvalue weighted by Crippen LogP contribution is 2.25. The minimum atomic E-state index is -0.0868. The Morgan fingerprint density at radius 2 is 2.13 bits per heavy atom. The third-order valence-electron chi connectivity index (χ3n) is 3.81. The van der Waals surface area contributed by atoms with Gasteiger partial charge in [-0.1, -0.05) is 29.4 Å². The molecule has 1 amide bonds. The van der Waals surface area contributed by atoms with Crippen LogP contribution >= 0.6 is 23.4 Å². The molecule has 120 valence electrons. The number of aromatic nitrogens is 2. The number of nitrogens with zero attached hydrogens (tertiary/aromatic N) is 2. The first-order chi connectivity index (χ1) is 11.1. The molecule has 23 heavy (non-hydrogen) atoms. The minimum absolute atomic E-state index is 0.0868. The van der Waals surface area contributed by atoms with Crippen LogP contribution in [0.5, 0.6) is 0 Å². The zero-order chi connectivity index (χ0) is 16.2. The number of aryl methyl sites for hydroxylation is 2. The topological polar surface area (TPSA) is 54.9 Å². The summed E-state index contributed by atoms with van der Waals surface area (Å²) >= 11 is 7.28. The highest BCUT2D eigenvalue weighted by atomic mass is 35.5. The molecule has 0 saturated heterocycles. The zero-order valence-corrected chi connectivity index (χ0v) is 14.5. The molecule has 2 aromatic rings. The molecule has 3 rings (SSSR count). The van der Waals surface area contributed by atoms with E-state index in [4.69, 9.17) is 11.6 Å². The zero-order valence-electron chi connectivity index (χ0n) is 12.9. The smallest absolute Gasteiger partial charge is 0.234 e. The van der Waals surface area contributed by atoms with Gasteiger partial charge in [-0.2, -0.15) is 0 Å². The van der Waals surface area contributed by atoms with Gasteiger partial charge in [0.15, 0.2) is 5.16 Å². The van der Waals surface area contributed by atoms with Gasteiger partial charge >= 0.3 is 0 Å². The summed E-state index contributed by atoms with van der Waals surface area (Å²) in [5, 5.41) is 4.12. The van der Waals surface area contributed by atoms with Crippen LogP contribution in [-0.4, -0.2) is 21.6 Å². The van der Waals surface area contributed by atoms with Crippen molar-refractivity contribution in [1.82, 2.24) is 9.97 Å². The number of rotatable bonds is 4. The van der Waals surface area contributed by atoms with Gasteiger partial charge < -0.3 is 5.32 Å². The lowest BCUT2D eigenvalue weighted by molar-refractivity contribution is -0.113. The van der Waals surface area contributed by atoms with Crippen LogP contribution in [0.3, 0.4) is 0 Å². The van der Waals surface area contributed by atoms with Gasteiger partial charge in [-0.15, -0.1) is 0 Å². The number of hydrogen-bond donors (Lipinski definition) is 1. The normalized spacial score (nSPS) is 13.5. The Morgan fingerprint density at radius 3 is 2.96 bits per heavy atom. The van der Waals surface area contributed by atoms with Crippen LogP contribution in [0.2, 0.25) is 5.02 Å². The molecule has 1 aromatic carbocycles. The lowest BCUT2D eigenvalue weighted by Gasteiger charge is -2.17. The van der Waals surface area contributed by atoms with Crippen molar-refractivity contribution in [1.29, 1.82) is 0 Å². The predicted molar refractivity (Wildman–Crippen MR) is 94.2 cm³/mol. The van der Waals surface area contributed by atoms with Gasteiger partial charge in [0, 0.05) is 22.1 Å². The number of fused-ring (bicyclic) bond motifs is 1.